The fourth-order valence-corrected chi connectivity index (χ4v) is 3.22. The van der Waals surface area contributed by atoms with Gasteiger partial charge in [-0.1, -0.05) is 24.3 Å². The van der Waals surface area contributed by atoms with E-state index in [2.05, 4.69) is 5.32 Å². The summed E-state index contributed by atoms with van der Waals surface area (Å²) >= 11 is 0. The molecule has 3 rings (SSSR count). The zero-order chi connectivity index (χ0) is 15.0. The normalized spacial score (nSPS) is 25.7. The average molecular weight is 288 g/mol. The molecule has 3 atom stereocenters. The van der Waals surface area contributed by atoms with Crippen molar-refractivity contribution in [3.63, 3.8) is 0 Å². The number of nitro groups is 1. The second-order valence-corrected chi connectivity index (χ2v) is 5.23. The molecule has 0 aromatic heterocycles. The Kier molecular flexibility index (Phi) is 3.37. The summed E-state index contributed by atoms with van der Waals surface area (Å²) in [5.41, 5.74) is 1.32. The van der Waals surface area contributed by atoms with E-state index in [9.17, 15) is 14.9 Å². The highest BCUT2D eigenvalue weighted by atomic mass is 16.6. The van der Waals surface area contributed by atoms with Crippen molar-refractivity contribution >= 4 is 17.3 Å². The predicted octanol–water partition coefficient (Wildman–Crippen LogP) is 2.61. The second-order valence-electron chi connectivity index (χ2n) is 5.23. The minimum Gasteiger partial charge on any atom is -0.464 e. The number of nitro benzene ring substituents is 1. The summed E-state index contributed by atoms with van der Waals surface area (Å²) in [4.78, 5) is 22.9. The fourth-order valence-electron chi connectivity index (χ4n) is 3.22. The van der Waals surface area contributed by atoms with Gasteiger partial charge in [0.1, 0.15) is 11.7 Å². The smallest absolute Gasteiger partial charge is 0.328 e. The van der Waals surface area contributed by atoms with Crippen LogP contribution in [0.3, 0.4) is 0 Å². The third-order valence-corrected chi connectivity index (χ3v) is 4.11. The summed E-state index contributed by atoms with van der Waals surface area (Å²) in [6, 6.07) is 4.47. The minimum atomic E-state index is -0.543. The Balaban J connectivity index is 2.05. The summed E-state index contributed by atoms with van der Waals surface area (Å²) < 4.78 is 5.11. The van der Waals surface area contributed by atoms with Crippen molar-refractivity contribution < 1.29 is 14.5 Å². The molecule has 6 nitrogen and oxygen atoms in total. The summed E-state index contributed by atoms with van der Waals surface area (Å²) in [5, 5.41) is 14.2. The topological polar surface area (TPSA) is 81.5 Å². The fraction of sp³-hybridized carbons (Fsp3) is 0.400. The van der Waals surface area contributed by atoms with Crippen LogP contribution in [-0.2, 0) is 9.53 Å². The zero-order valence-electron chi connectivity index (χ0n) is 11.6. The first-order valence-electron chi connectivity index (χ1n) is 7.00. The zero-order valence-corrected chi connectivity index (χ0v) is 11.6. The van der Waals surface area contributed by atoms with Gasteiger partial charge in [0.05, 0.1) is 11.5 Å². The lowest BCUT2D eigenvalue weighted by atomic mass is 9.79. The van der Waals surface area contributed by atoms with E-state index in [0.717, 1.165) is 12.0 Å². The molecule has 1 heterocycles. The Hall–Kier alpha value is -2.37. The van der Waals surface area contributed by atoms with Crippen molar-refractivity contribution in [3.05, 3.63) is 46.0 Å². The molecular weight excluding hydrogens is 272 g/mol. The highest BCUT2D eigenvalue weighted by Gasteiger charge is 2.43. The van der Waals surface area contributed by atoms with Crippen LogP contribution in [0.25, 0.3) is 0 Å². The van der Waals surface area contributed by atoms with Crippen LogP contribution < -0.4 is 5.32 Å². The monoisotopic (exact) mass is 288 g/mol. The van der Waals surface area contributed by atoms with Crippen LogP contribution in [0.4, 0.5) is 11.4 Å². The molecule has 0 fully saturated rings. The maximum atomic E-state index is 12.1. The van der Waals surface area contributed by atoms with E-state index in [1.807, 2.05) is 18.2 Å². The molecule has 0 spiro atoms. The van der Waals surface area contributed by atoms with E-state index >= 15 is 0 Å². The summed E-state index contributed by atoms with van der Waals surface area (Å²) in [7, 11) is 0. The van der Waals surface area contributed by atoms with Crippen molar-refractivity contribution in [2.45, 2.75) is 25.3 Å². The molecule has 21 heavy (non-hydrogen) atoms. The number of hydrogen-bond donors (Lipinski definition) is 1. The van der Waals surface area contributed by atoms with Gasteiger partial charge >= 0.3 is 5.97 Å². The molecule has 1 aliphatic carbocycles. The number of hydrogen-bond acceptors (Lipinski definition) is 5. The van der Waals surface area contributed by atoms with E-state index in [1.54, 1.807) is 13.0 Å². The Labute approximate surface area is 121 Å². The lowest BCUT2D eigenvalue weighted by molar-refractivity contribution is -0.384. The summed E-state index contributed by atoms with van der Waals surface area (Å²) in [5.74, 6) is -0.269. The lowest BCUT2D eigenvalue weighted by Crippen LogP contribution is -2.43. The van der Waals surface area contributed by atoms with E-state index in [4.69, 9.17) is 4.74 Å². The van der Waals surface area contributed by atoms with Crippen molar-refractivity contribution in [1.82, 2.24) is 0 Å². The van der Waals surface area contributed by atoms with Gasteiger partial charge in [-0.15, -0.1) is 0 Å². The first kappa shape index (κ1) is 13.6. The molecule has 1 N–H and O–H groups in total. The highest BCUT2D eigenvalue weighted by Crippen LogP contribution is 2.47. The van der Waals surface area contributed by atoms with Crippen molar-refractivity contribution in [2.24, 2.45) is 5.92 Å². The first-order chi connectivity index (χ1) is 10.1. The van der Waals surface area contributed by atoms with Gasteiger partial charge in [0.15, 0.2) is 0 Å². The molecule has 0 saturated heterocycles. The molecule has 0 radical (unpaired) electrons. The number of rotatable bonds is 3. The SMILES string of the molecule is CCOC(=O)[C@H]1Nc2c(cccc2[N+](=O)[O-])[C@H]2C=CC[C@@H]12. The predicted molar refractivity (Wildman–Crippen MR) is 77.1 cm³/mol. The van der Waals surface area contributed by atoms with Crippen LogP contribution >= 0.6 is 0 Å². The molecule has 0 amide bonds. The molecule has 6 heteroatoms. The standard InChI is InChI=1S/C15H16N2O4/c1-2-21-15(18)14-11-6-3-5-9(11)10-7-4-8-12(17(19)20)13(10)16-14/h3-5,7-9,11,14,16H,2,6H2,1H3/t9-,11-,14+/m1/s1. The molecule has 1 aromatic rings. The quantitative estimate of drug-likeness (QED) is 0.400. The van der Waals surface area contributed by atoms with Crippen LogP contribution in [0.1, 0.15) is 24.8 Å². The number of carbonyl (C=O) groups excluding carboxylic acids is 1. The maximum Gasteiger partial charge on any atom is 0.328 e. The number of benzene rings is 1. The van der Waals surface area contributed by atoms with Crippen LogP contribution in [0.15, 0.2) is 30.4 Å². The maximum absolute atomic E-state index is 12.1. The number of para-hydroxylation sites is 1. The molecule has 2 aliphatic rings. The van der Waals surface area contributed by atoms with Gasteiger partial charge in [-0.3, -0.25) is 10.1 Å². The molecule has 1 aromatic carbocycles. The van der Waals surface area contributed by atoms with Crippen molar-refractivity contribution in [1.29, 1.82) is 0 Å². The third kappa shape index (κ3) is 2.16. The number of nitrogens with one attached hydrogen (secondary N) is 1. The molecular formula is C15H16N2O4. The van der Waals surface area contributed by atoms with Crippen molar-refractivity contribution in [3.8, 4) is 0 Å². The molecule has 0 unspecified atom stereocenters. The van der Waals surface area contributed by atoms with E-state index in [0.29, 0.717) is 12.3 Å². The molecule has 1 aliphatic heterocycles. The van der Waals surface area contributed by atoms with Gasteiger partial charge in [0, 0.05) is 17.9 Å². The minimum absolute atomic E-state index is 0.000508. The highest BCUT2D eigenvalue weighted by molar-refractivity contribution is 5.84. The number of anilines is 1. The number of carbonyl (C=O) groups is 1. The number of ether oxygens (including phenoxy) is 1. The Morgan fingerprint density at radius 3 is 3.05 bits per heavy atom. The van der Waals surface area contributed by atoms with Crippen LogP contribution in [0.2, 0.25) is 0 Å². The van der Waals surface area contributed by atoms with Crippen LogP contribution in [0.5, 0.6) is 0 Å². The molecule has 110 valence electrons. The summed E-state index contributed by atoms with van der Waals surface area (Å²) in [6.45, 7) is 2.05. The lowest BCUT2D eigenvalue weighted by Gasteiger charge is -2.35. The van der Waals surface area contributed by atoms with Crippen molar-refractivity contribution in [2.75, 3.05) is 11.9 Å². The van der Waals surface area contributed by atoms with Gasteiger partial charge in [-0.05, 0) is 18.9 Å². The second kappa shape index (κ2) is 5.20. The number of nitrogens with zero attached hydrogens (tertiary/aromatic N) is 1. The van der Waals surface area contributed by atoms with Gasteiger partial charge in [-0.2, -0.15) is 0 Å². The number of esters is 1. The van der Waals surface area contributed by atoms with Gasteiger partial charge in [0.25, 0.3) is 5.69 Å². The third-order valence-electron chi connectivity index (χ3n) is 4.11. The largest absolute Gasteiger partial charge is 0.464 e. The Morgan fingerprint density at radius 1 is 1.52 bits per heavy atom. The summed E-state index contributed by atoms with van der Waals surface area (Å²) in [6.07, 6.45) is 4.82. The van der Waals surface area contributed by atoms with Gasteiger partial charge in [-0.25, -0.2) is 4.79 Å². The van der Waals surface area contributed by atoms with Crippen LogP contribution in [-0.4, -0.2) is 23.5 Å². The van der Waals surface area contributed by atoms with Gasteiger partial charge in [0.2, 0.25) is 0 Å². The first-order valence-corrected chi connectivity index (χ1v) is 7.00. The van der Waals surface area contributed by atoms with E-state index in [-0.39, 0.29) is 23.5 Å². The Bertz CT molecular complexity index is 626. The van der Waals surface area contributed by atoms with E-state index < -0.39 is 11.0 Å². The Morgan fingerprint density at radius 2 is 2.33 bits per heavy atom. The molecule has 0 bridgehead atoms. The van der Waals surface area contributed by atoms with E-state index in [1.165, 1.54) is 6.07 Å². The molecule has 0 saturated carbocycles. The number of allylic oxidation sites excluding steroid dienone is 2. The number of fused-ring (bicyclic) bond motifs is 3. The van der Waals surface area contributed by atoms with Gasteiger partial charge < -0.3 is 10.1 Å². The average Bonchev–Trinajstić information content (AvgIpc) is 2.95. The van der Waals surface area contributed by atoms with Crippen LogP contribution in [0, 0.1) is 16.0 Å².